The molecule has 0 aliphatic carbocycles. The predicted octanol–water partition coefficient (Wildman–Crippen LogP) is 6.26. The number of piperidine rings is 1. The minimum absolute atomic E-state index is 0.0544. The lowest BCUT2D eigenvalue weighted by Crippen LogP contribution is -2.37. The molecule has 1 aliphatic rings. The fraction of sp³-hybridized carbons (Fsp3) is 0.333. The highest BCUT2D eigenvalue weighted by Gasteiger charge is 2.30. The zero-order valence-corrected chi connectivity index (χ0v) is 16.9. The third-order valence-corrected chi connectivity index (χ3v) is 6.61. The fourth-order valence-electron chi connectivity index (χ4n) is 4.66. The molecule has 0 atom stereocenters. The second-order valence-corrected chi connectivity index (χ2v) is 8.34. The molecule has 28 heavy (non-hydrogen) atoms. The summed E-state index contributed by atoms with van der Waals surface area (Å²) < 4.78 is 0. The van der Waals surface area contributed by atoms with Gasteiger partial charge in [-0.2, -0.15) is 0 Å². The standard InChI is InChI=1S/C27H31N/c1-27(25-13-7-3-8-14-25,26-15-9-4-10-16-26)19-22-28-20-17-24(18-21-28)23-11-5-2-6-12-23/h2-16,24H,17-22H2,1H3. The van der Waals surface area contributed by atoms with Gasteiger partial charge in [0.25, 0.3) is 0 Å². The number of rotatable bonds is 6. The summed E-state index contributed by atoms with van der Waals surface area (Å²) in [6.07, 6.45) is 3.70. The molecule has 4 rings (SSSR count). The average Bonchev–Trinajstić information content (AvgIpc) is 2.79. The molecule has 0 saturated carbocycles. The maximum Gasteiger partial charge on any atom is 0.0186 e. The maximum atomic E-state index is 2.67. The molecule has 0 N–H and O–H groups in total. The fourth-order valence-corrected chi connectivity index (χ4v) is 4.66. The van der Waals surface area contributed by atoms with Crippen LogP contribution < -0.4 is 0 Å². The van der Waals surface area contributed by atoms with E-state index in [2.05, 4.69) is 103 Å². The van der Waals surface area contributed by atoms with Crippen LogP contribution in [0.2, 0.25) is 0 Å². The molecule has 0 aromatic heterocycles. The van der Waals surface area contributed by atoms with E-state index in [1.807, 2.05) is 0 Å². The van der Waals surface area contributed by atoms with E-state index in [0.29, 0.717) is 0 Å². The van der Waals surface area contributed by atoms with Crippen LogP contribution in [0.1, 0.15) is 48.8 Å². The van der Waals surface area contributed by atoms with Crippen molar-refractivity contribution in [2.45, 2.75) is 37.5 Å². The van der Waals surface area contributed by atoms with Gasteiger partial charge >= 0.3 is 0 Å². The molecule has 0 spiro atoms. The molecule has 1 aliphatic heterocycles. The summed E-state index contributed by atoms with van der Waals surface area (Å²) in [4.78, 5) is 2.67. The molecule has 1 saturated heterocycles. The molecule has 3 aromatic rings. The summed E-state index contributed by atoms with van der Waals surface area (Å²) in [6.45, 7) is 5.98. The molecule has 144 valence electrons. The summed E-state index contributed by atoms with van der Waals surface area (Å²) in [5.41, 5.74) is 4.40. The number of likely N-dealkylation sites (tertiary alicyclic amines) is 1. The van der Waals surface area contributed by atoms with E-state index < -0.39 is 0 Å². The van der Waals surface area contributed by atoms with Crippen LogP contribution in [-0.4, -0.2) is 24.5 Å². The van der Waals surface area contributed by atoms with Crippen LogP contribution in [0.5, 0.6) is 0 Å². The van der Waals surface area contributed by atoms with Crippen molar-refractivity contribution in [2.75, 3.05) is 19.6 Å². The van der Waals surface area contributed by atoms with Gasteiger partial charge in [0.1, 0.15) is 0 Å². The van der Waals surface area contributed by atoms with E-state index in [9.17, 15) is 0 Å². The maximum absolute atomic E-state index is 2.67. The van der Waals surface area contributed by atoms with Gasteiger partial charge in [-0.1, -0.05) is 97.9 Å². The molecule has 1 fully saturated rings. The van der Waals surface area contributed by atoms with Crippen LogP contribution in [0, 0.1) is 0 Å². The van der Waals surface area contributed by atoms with Crippen molar-refractivity contribution in [3.05, 3.63) is 108 Å². The first-order chi connectivity index (χ1) is 13.8. The topological polar surface area (TPSA) is 3.24 Å². The van der Waals surface area contributed by atoms with Crippen LogP contribution in [0.25, 0.3) is 0 Å². The Morgan fingerprint density at radius 1 is 0.714 bits per heavy atom. The minimum atomic E-state index is 0.0544. The van der Waals surface area contributed by atoms with Gasteiger partial charge in [-0.3, -0.25) is 0 Å². The highest BCUT2D eigenvalue weighted by Crippen LogP contribution is 2.36. The van der Waals surface area contributed by atoms with Crippen LogP contribution in [-0.2, 0) is 5.41 Å². The molecule has 1 nitrogen and oxygen atoms in total. The van der Waals surface area contributed by atoms with E-state index in [4.69, 9.17) is 0 Å². The van der Waals surface area contributed by atoms with Crippen molar-refractivity contribution in [1.82, 2.24) is 4.90 Å². The van der Waals surface area contributed by atoms with Gasteiger partial charge < -0.3 is 4.90 Å². The van der Waals surface area contributed by atoms with Crippen molar-refractivity contribution >= 4 is 0 Å². The van der Waals surface area contributed by atoms with Gasteiger partial charge in [0.2, 0.25) is 0 Å². The zero-order chi connectivity index (χ0) is 19.2. The second-order valence-electron chi connectivity index (χ2n) is 8.34. The molecule has 0 bridgehead atoms. The lowest BCUT2D eigenvalue weighted by molar-refractivity contribution is 0.199. The van der Waals surface area contributed by atoms with E-state index in [1.54, 1.807) is 0 Å². The first-order valence-electron chi connectivity index (χ1n) is 10.6. The normalized spacial score (nSPS) is 16.2. The largest absolute Gasteiger partial charge is 0.303 e. The van der Waals surface area contributed by atoms with Crippen LogP contribution in [0.4, 0.5) is 0 Å². The van der Waals surface area contributed by atoms with Crippen molar-refractivity contribution in [3.8, 4) is 0 Å². The average molecular weight is 370 g/mol. The smallest absolute Gasteiger partial charge is 0.0186 e. The highest BCUT2D eigenvalue weighted by molar-refractivity contribution is 5.38. The third kappa shape index (κ3) is 4.20. The monoisotopic (exact) mass is 369 g/mol. The van der Waals surface area contributed by atoms with Crippen LogP contribution in [0.3, 0.4) is 0 Å². The third-order valence-electron chi connectivity index (χ3n) is 6.61. The highest BCUT2D eigenvalue weighted by atomic mass is 15.1. The van der Waals surface area contributed by atoms with Gasteiger partial charge in [-0.25, -0.2) is 0 Å². The quantitative estimate of drug-likeness (QED) is 0.495. The van der Waals surface area contributed by atoms with Crippen molar-refractivity contribution in [2.24, 2.45) is 0 Å². The molecule has 0 unspecified atom stereocenters. The minimum Gasteiger partial charge on any atom is -0.303 e. The first kappa shape index (κ1) is 19.0. The molecule has 1 heterocycles. The predicted molar refractivity (Wildman–Crippen MR) is 119 cm³/mol. The summed E-state index contributed by atoms with van der Waals surface area (Å²) in [5.74, 6) is 0.729. The van der Waals surface area contributed by atoms with Crippen molar-refractivity contribution < 1.29 is 0 Å². The molecule has 0 radical (unpaired) electrons. The Balaban J connectivity index is 1.43. The van der Waals surface area contributed by atoms with Gasteiger partial charge in [-0.05, 0) is 61.5 Å². The Labute approximate surface area is 170 Å². The number of hydrogen-bond donors (Lipinski definition) is 0. The number of nitrogens with zero attached hydrogens (tertiary/aromatic N) is 1. The summed E-state index contributed by atoms with van der Waals surface area (Å²) in [5, 5.41) is 0. The van der Waals surface area contributed by atoms with Gasteiger partial charge in [-0.15, -0.1) is 0 Å². The molecule has 3 aromatic carbocycles. The first-order valence-corrected chi connectivity index (χ1v) is 10.6. The van der Waals surface area contributed by atoms with Crippen molar-refractivity contribution in [1.29, 1.82) is 0 Å². The molecule has 1 heteroatoms. The molecular weight excluding hydrogens is 338 g/mol. The summed E-state index contributed by atoms with van der Waals surface area (Å²) in [6, 6.07) is 33.1. The number of hydrogen-bond acceptors (Lipinski definition) is 1. The van der Waals surface area contributed by atoms with E-state index in [-0.39, 0.29) is 5.41 Å². The van der Waals surface area contributed by atoms with Gasteiger partial charge in [0.15, 0.2) is 0 Å². The van der Waals surface area contributed by atoms with E-state index >= 15 is 0 Å². The van der Waals surface area contributed by atoms with Crippen molar-refractivity contribution in [3.63, 3.8) is 0 Å². The Morgan fingerprint density at radius 3 is 1.68 bits per heavy atom. The Hall–Kier alpha value is -2.38. The van der Waals surface area contributed by atoms with E-state index in [1.165, 1.54) is 42.6 Å². The molecular formula is C27H31N. The Kier molecular flexibility index (Phi) is 5.92. The SMILES string of the molecule is CC(CCN1CCC(c2ccccc2)CC1)(c1ccccc1)c1ccccc1. The van der Waals surface area contributed by atoms with Crippen LogP contribution >= 0.6 is 0 Å². The van der Waals surface area contributed by atoms with Gasteiger partial charge in [0.05, 0.1) is 0 Å². The summed E-state index contributed by atoms with van der Waals surface area (Å²) >= 11 is 0. The number of benzene rings is 3. The lowest BCUT2D eigenvalue weighted by Gasteiger charge is -2.37. The molecule has 0 amide bonds. The zero-order valence-electron chi connectivity index (χ0n) is 16.9. The lowest BCUT2D eigenvalue weighted by atomic mass is 9.73. The summed E-state index contributed by atoms with van der Waals surface area (Å²) in [7, 11) is 0. The van der Waals surface area contributed by atoms with Crippen LogP contribution in [0.15, 0.2) is 91.0 Å². The second kappa shape index (κ2) is 8.75. The Morgan fingerprint density at radius 2 is 1.18 bits per heavy atom. The van der Waals surface area contributed by atoms with Gasteiger partial charge in [0, 0.05) is 5.41 Å². The van der Waals surface area contributed by atoms with E-state index in [0.717, 1.165) is 18.9 Å². The Bertz CT molecular complexity index is 794.